The average molecular weight is 216 g/mol. The SMILES string of the molecule is CCCC(C)(C)NCc1ccc(Cl)o1. The molecule has 0 atom stereocenters. The Labute approximate surface area is 90.6 Å². The lowest BCUT2D eigenvalue weighted by Crippen LogP contribution is -2.38. The molecule has 0 radical (unpaired) electrons. The van der Waals surface area contributed by atoms with E-state index in [4.69, 9.17) is 16.0 Å². The van der Waals surface area contributed by atoms with Crippen LogP contribution in [0.3, 0.4) is 0 Å². The Bertz CT molecular complexity index is 281. The molecule has 1 N–H and O–H groups in total. The first-order valence-electron chi connectivity index (χ1n) is 5.03. The number of halogens is 1. The smallest absolute Gasteiger partial charge is 0.193 e. The predicted molar refractivity (Wildman–Crippen MR) is 59.5 cm³/mol. The Kier molecular flexibility index (Phi) is 4.02. The van der Waals surface area contributed by atoms with E-state index < -0.39 is 0 Å². The highest BCUT2D eigenvalue weighted by molar-refractivity contribution is 6.28. The second-order valence-electron chi connectivity index (χ2n) is 4.19. The van der Waals surface area contributed by atoms with Crippen LogP contribution in [0.25, 0.3) is 0 Å². The quantitative estimate of drug-likeness (QED) is 0.812. The first-order valence-corrected chi connectivity index (χ1v) is 5.40. The number of furan rings is 1. The molecule has 1 heterocycles. The van der Waals surface area contributed by atoms with E-state index in [1.807, 2.05) is 6.07 Å². The van der Waals surface area contributed by atoms with Gasteiger partial charge in [0.15, 0.2) is 5.22 Å². The molecule has 0 spiro atoms. The number of nitrogens with one attached hydrogen (secondary N) is 1. The first-order chi connectivity index (χ1) is 6.53. The molecule has 0 aliphatic rings. The fraction of sp³-hybridized carbons (Fsp3) is 0.636. The van der Waals surface area contributed by atoms with Gasteiger partial charge in [-0.1, -0.05) is 13.3 Å². The molecule has 1 rings (SSSR count). The highest BCUT2D eigenvalue weighted by atomic mass is 35.5. The maximum atomic E-state index is 5.68. The molecule has 0 aliphatic carbocycles. The Morgan fingerprint density at radius 3 is 2.64 bits per heavy atom. The molecule has 0 saturated heterocycles. The maximum Gasteiger partial charge on any atom is 0.193 e. The molecule has 3 heteroatoms. The van der Waals surface area contributed by atoms with E-state index in [1.165, 1.54) is 6.42 Å². The van der Waals surface area contributed by atoms with Crippen LogP contribution in [-0.2, 0) is 6.54 Å². The van der Waals surface area contributed by atoms with Crippen LogP contribution < -0.4 is 5.32 Å². The summed E-state index contributed by atoms with van der Waals surface area (Å²) in [5.74, 6) is 0.888. The zero-order valence-corrected chi connectivity index (χ0v) is 9.82. The Morgan fingerprint density at radius 1 is 1.43 bits per heavy atom. The van der Waals surface area contributed by atoms with E-state index in [1.54, 1.807) is 6.07 Å². The summed E-state index contributed by atoms with van der Waals surface area (Å²) < 4.78 is 5.26. The lowest BCUT2D eigenvalue weighted by atomic mass is 9.99. The van der Waals surface area contributed by atoms with Gasteiger partial charge >= 0.3 is 0 Å². The van der Waals surface area contributed by atoms with E-state index in [9.17, 15) is 0 Å². The van der Waals surface area contributed by atoms with Crippen LogP contribution in [0.15, 0.2) is 16.5 Å². The van der Waals surface area contributed by atoms with Crippen molar-refractivity contribution in [2.75, 3.05) is 0 Å². The van der Waals surface area contributed by atoms with Gasteiger partial charge in [0.25, 0.3) is 0 Å². The van der Waals surface area contributed by atoms with Gasteiger partial charge in [0.05, 0.1) is 6.54 Å². The van der Waals surface area contributed by atoms with Crippen molar-refractivity contribution in [1.82, 2.24) is 5.32 Å². The molecule has 0 saturated carbocycles. The van der Waals surface area contributed by atoms with E-state index >= 15 is 0 Å². The van der Waals surface area contributed by atoms with E-state index in [0.29, 0.717) is 5.22 Å². The van der Waals surface area contributed by atoms with Crippen molar-refractivity contribution in [3.63, 3.8) is 0 Å². The fourth-order valence-corrected chi connectivity index (χ4v) is 1.65. The van der Waals surface area contributed by atoms with Gasteiger partial charge in [-0.15, -0.1) is 0 Å². The molecule has 14 heavy (non-hydrogen) atoms. The van der Waals surface area contributed by atoms with E-state index in [2.05, 4.69) is 26.1 Å². The second-order valence-corrected chi connectivity index (χ2v) is 4.57. The van der Waals surface area contributed by atoms with Crippen molar-refractivity contribution < 1.29 is 4.42 Å². The van der Waals surface area contributed by atoms with Crippen molar-refractivity contribution in [3.8, 4) is 0 Å². The van der Waals surface area contributed by atoms with Crippen molar-refractivity contribution in [1.29, 1.82) is 0 Å². The van der Waals surface area contributed by atoms with Gasteiger partial charge in [-0.2, -0.15) is 0 Å². The van der Waals surface area contributed by atoms with Crippen LogP contribution in [0.2, 0.25) is 5.22 Å². The molecule has 80 valence electrons. The molecular formula is C11H18ClNO. The summed E-state index contributed by atoms with van der Waals surface area (Å²) in [6, 6.07) is 3.67. The van der Waals surface area contributed by atoms with E-state index in [-0.39, 0.29) is 5.54 Å². The monoisotopic (exact) mass is 215 g/mol. The molecule has 0 bridgehead atoms. The summed E-state index contributed by atoms with van der Waals surface area (Å²) in [5, 5.41) is 3.89. The van der Waals surface area contributed by atoms with Gasteiger partial charge in [0.2, 0.25) is 0 Å². The molecule has 0 aromatic carbocycles. The molecule has 1 aromatic heterocycles. The molecule has 0 fully saturated rings. The van der Waals surface area contributed by atoms with Crippen molar-refractivity contribution in [2.24, 2.45) is 0 Å². The Morgan fingerprint density at radius 2 is 2.14 bits per heavy atom. The molecule has 1 aromatic rings. The third-order valence-corrected chi connectivity index (χ3v) is 2.45. The minimum absolute atomic E-state index is 0.161. The predicted octanol–water partition coefficient (Wildman–Crippen LogP) is 3.60. The largest absolute Gasteiger partial charge is 0.448 e. The van der Waals surface area contributed by atoms with Crippen molar-refractivity contribution >= 4 is 11.6 Å². The summed E-state index contributed by atoms with van der Waals surface area (Å²) in [4.78, 5) is 0. The molecule has 0 unspecified atom stereocenters. The number of rotatable bonds is 5. The standard InChI is InChI=1S/C11H18ClNO/c1-4-7-11(2,3)13-8-9-5-6-10(12)14-9/h5-6,13H,4,7-8H2,1-3H3. The molecular weight excluding hydrogens is 198 g/mol. The normalized spacial score (nSPS) is 12.0. The van der Waals surface area contributed by atoms with Crippen LogP contribution in [0.4, 0.5) is 0 Å². The minimum atomic E-state index is 0.161. The minimum Gasteiger partial charge on any atom is -0.448 e. The van der Waals surface area contributed by atoms with Gasteiger partial charge in [0.1, 0.15) is 5.76 Å². The zero-order chi connectivity index (χ0) is 10.6. The lowest BCUT2D eigenvalue weighted by molar-refractivity contribution is 0.338. The Hall–Kier alpha value is -0.470. The summed E-state index contributed by atoms with van der Waals surface area (Å²) in [5.41, 5.74) is 0.161. The maximum absolute atomic E-state index is 5.68. The van der Waals surface area contributed by atoms with Crippen LogP contribution in [0.5, 0.6) is 0 Å². The van der Waals surface area contributed by atoms with Gasteiger partial charge in [-0.05, 0) is 44.0 Å². The van der Waals surface area contributed by atoms with Gasteiger partial charge in [-0.3, -0.25) is 0 Å². The number of hydrogen-bond donors (Lipinski definition) is 1. The molecule has 2 nitrogen and oxygen atoms in total. The lowest BCUT2D eigenvalue weighted by Gasteiger charge is -2.25. The van der Waals surface area contributed by atoms with Gasteiger partial charge < -0.3 is 9.73 Å². The highest BCUT2D eigenvalue weighted by Gasteiger charge is 2.15. The average Bonchev–Trinajstić information content (AvgIpc) is 2.48. The van der Waals surface area contributed by atoms with Crippen molar-refractivity contribution in [3.05, 3.63) is 23.1 Å². The molecule has 0 aliphatic heterocycles. The first kappa shape index (κ1) is 11.6. The third-order valence-electron chi connectivity index (χ3n) is 2.25. The fourth-order valence-electron chi connectivity index (χ4n) is 1.49. The summed E-state index contributed by atoms with van der Waals surface area (Å²) >= 11 is 5.68. The van der Waals surface area contributed by atoms with Gasteiger partial charge in [-0.25, -0.2) is 0 Å². The summed E-state index contributed by atoms with van der Waals surface area (Å²) in [6.07, 6.45) is 2.33. The number of hydrogen-bond acceptors (Lipinski definition) is 2. The van der Waals surface area contributed by atoms with Crippen LogP contribution in [0, 0.1) is 0 Å². The summed E-state index contributed by atoms with van der Waals surface area (Å²) in [6.45, 7) is 7.31. The summed E-state index contributed by atoms with van der Waals surface area (Å²) in [7, 11) is 0. The Balaban J connectivity index is 2.40. The highest BCUT2D eigenvalue weighted by Crippen LogP contribution is 2.15. The van der Waals surface area contributed by atoms with E-state index in [0.717, 1.165) is 18.7 Å². The van der Waals surface area contributed by atoms with Crippen LogP contribution >= 0.6 is 11.6 Å². The second kappa shape index (κ2) is 4.85. The third kappa shape index (κ3) is 3.72. The topological polar surface area (TPSA) is 25.2 Å². The zero-order valence-electron chi connectivity index (χ0n) is 9.06. The molecule has 0 amide bonds. The van der Waals surface area contributed by atoms with Crippen LogP contribution in [-0.4, -0.2) is 5.54 Å². The van der Waals surface area contributed by atoms with Crippen LogP contribution in [0.1, 0.15) is 39.4 Å². The van der Waals surface area contributed by atoms with Crippen molar-refractivity contribution in [2.45, 2.75) is 45.7 Å². The van der Waals surface area contributed by atoms with Gasteiger partial charge in [0, 0.05) is 5.54 Å².